The van der Waals surface area contributed by atoms with Crippen LogP contribution >= 0.6 is 6.75 Å². The Morgan fingerprint density at radius 2 is 1.07 bits per heavy atom. The second-order valence-corrected chi connectivity index (χ2v) is 18.2. The Labute approximate surface area is 247 Å². The van der Waals surface area contributed by atoms with E-state index in [4.69, 9.17) is 0 Å². The summed E-state index contributed by atoms with van der Waals surface area (Å²) in [5, 5.41) is 15.0. The third-order valence-corrected chi connectivity index (χ3v) is 17.9. The summed E-state index contributed by atoms with van der Waals surface area (Å²) in [5.74, 6) is 1.10. The van der Waals surface area contributed by atoms with E-state index in [0.29, 0.717) is 11.8 Å². The molecule has 2 atom stereocenters. The monoisotopic (exact) mass is 569 g/mol. The molecule has 3 nitrogen and oxygen atoms in total. The summed E-state index contributed by atoms with van der Waals surface area (Å²) in [6.07, 6.45) is 16.0. The molecule has 0 bridgehead atoms. The van der Waals surface area contributed by atoms with Gasteiger partial charge in [-0.1, -0.05) is 0 Å². The zero-order valence-electron chi connectivity index (χ0n) is 24.6. The Bertz CT molecular complexity index is 1170. The van der Waals surface area contributed by atoms with Gasteiger partial charge in [-0.3, -0.25) is 0 Å². The fourth-order valence-electron chi connectivity index (χ4n) is 9.12. The minimum absolute atomic E-state index is 0.420. The fourth-order valence-corrected chi connectivity index (χ4v) is 17.0. The first-order valence-corrected chi connectivity index (χ1v) is 18.7. The molecule has 2 saturated carbocycles. The average Bonchev–Trinajstić information content (AvgIpc) is 3.47. The van der Waals surface area contributed by atoms with Crippen molar-refractivity contribution in [3.8, 4) is 0 Å². The van der Waals surface area contributed by atoms with Gasteiger partial charge in [0.25, 0.3) is 0 Å². The van der Waals surface area contributed by atoms with Crippen molar-refractivity contribution in [1.82, 2.24) is 4.67 Å². The van der Waals surface area contributed by atoms with Gasteiger partial charge in [0.2, 0.25) is 0 Å². The molecule has 2 aliphatic carbocycles. The first-order chi connectivity index (χ1) is 20.1. The van der Waals surface area contributed by atoms with Crippen LogP contribution in [0.2, 0.25) is 0 Å². The molecule has 3 aliphatic rings. The molecule has 3 fully saturated rings. The van der Waals surface area contributed by atoms with Gasteiger partial charge in [-0.2, -0.15) is 0 Å². The van der Waals surface area contributed by atoms with Crippen LogP contribution in [-0.2, 0) is 4.79 Å². The molecule has 0 amide bonds. The number of hydrogen-bond acceptors (Lipinski definition) is 2. The molecule has 0 spiro atoms. The van der Waals surface area contributed by atoms with E-state index in [2.05, 4.69) is 95.7 Å². The molecule has 1 unspecified atom stereocenters. The molecule has 1 saturated heterocycles. The molecular weight excluding hydrogens is 521 g/mol. The summed E-state index contributed by atoms with van der Waals surface area (Å²) < 4.78 is 2.63. The van der Waals surface area contributed by atoms with Gasteiger partial charge in [0, 0.05) is 0 Å². The van der Waals surface area contributed by atoms with Crippen molar-refractivity contribution < 1.29 is 9.90 Å². The van der Waals surface area contributed by atoms with Crippen molar-refractivity contribution in [2.24, 2.45) is 17.8 Å². The standard InChI is InChI=1S/C37H48NO2P/c39-37(40)36-27-32(26-30-16-6-1-7-17-30)28-38(36)41(33-20-10-3-11-21-33,34-22-12-4-13-23-34,35-24-14-5-15-25-35)29-31-18-8-2-9-19-31/h3-5,10-15,20-25,30-32,36H,1-2,6-9,16-19,26-29H2,(H,39,40)/t32?,36-/m0/s1. The Morgan fingerprint density at radius 1 is 0.634 bits per heavy atom. The predicted octanol–water partition coefficient (Wildman–Crippen LogP) is 7.76. The van der Waals surface area contributed by atoms with E-state index in [1.807, 2.05) is 0 Å². The van der Waals surface area contributed by atoms with Crippen LogP contribution in [0.4, 0.5) is 0 Å². The van der Waals surface area contributed by atoms with Crippen LogP contribution in [0.1, 0.15) is 77.0 Å². The van der Waals surface area contributed by atoms with Crippen LogP contribution in [0, 0.1) is 17.8 Å². The molecule has 3 aromatic carbocycles. The van der Waals surface area contributed by atoms with Crippen molar-refractivity contribution in [2.75, 3.05) is 12.7 Å². The van der Waals surface area contributed by atoms with E-state index < -0.39 is 18.8 Å². The van der Waals surface area contributed by atoms with Crippen molar-refractivity contribution in [3.05, 3.63) is 91.0 Å². The van der Waals surface area contributed by atoms with E-state index >= 15 is 0 Å². The molecule has 218 valence electrons. The van der Waals surface area contributed by atoms with Gasteiger partial charge in [0.05, 0.1) is 0 Å². The summed E-state index contributed by atoms with van der Waals surface area (Å²) >= 11 is 0. The van der Waals surface area contributed by atoms with E-state index in [1.165, 1.54) is 86.5 Å². The second-order valence-electron chi connectivity index (χ2n) is 13.3. The van der Waals surface area contributed by atoms with Crippen molar-refractivity contribution >= 4 is 28.6 Å². The zero-order chi connectivity index (χ0) is 28.1. The van der Waals surface area contributed by atoms with E-state index in [1.54, 1.807) is 0 Å². The molecule has 3 aromatic rings. The number of rotatable bonds is 9. The minimum atomic E-state index is -3.45. The average molecular weight is 570 g/mol. The maximum absolute atomic E-state index is 13.4. The van der Waals surface area contributed by atoms with Crippen LogP contribution in [0.25, 0.3) is 0 Å². The van der Waals surface area contributed by atoms with Crippen molar-refractivity contribution in [3.63, 3.8) is 0 Å². The van der Waals surface area contributed by atoms with Crippen molar-refractivity contribution in [2.45, 2.75) is 83.1 Å². The van der Waals surface area contributed by atoms with E-state index in [0.717, 1.165) is 25.0 Å². The molecule has 0 radical (unpaired) electrons. The first-order valence-electron chi connectivity index (χ1n) is 16.3. The Balaban J connectivity index is 1.62. The van der Waals surface area contributed by atoms with Gasteiger partial charge in [-0.15, -0.1) is 0 Å². The van der Waals surface area contributed by atoms with Crippen molar-refractivity contribution in [1.29, 1.82) is 0 Å². The van der Waals surface area contributed by atoms with Crippen LogP contribution in [0.3, 0.4) is 0 Å². The molecule has 0 aromatic heterocycles. The molecule has 1 aliphatic heterocycles. The van der Waals surface area contributed by atoms with E-state index in [9.17, 15) is 9.90 Å². The zero-order valence-corrected chi connectivity index (χ0v) is 25.5. The third kappa shape index (κ3) is 5.19. The molecule has 6 rings (SSSR count). The summed E-state index contributed by atoms with van der Waals surface area (Å²) in [4.78, 5) is 13.4. The van der Waals surface area contributed by atoms with Gasteiger partial charge >= 0.3 is 248 Å². The van der Waals surface area contributed by atoms with Crippen LogP contribution in [0.15, 0.2) is 91.0 Å². The number of hydrogen-bond donors (Lipinski definition) is 1. The van der Waals surface area contributed by atoms with Crippen LogP contribution in [-0.4, -0.2) is 34.5 Å². The molecule has 1 heterocycles. The number of nitrogens with zero attached hydrogens (tertiary/aromatic N) is 1. The molecule has 4 heteroatoms. The Morgan fingerprint density at radius 3 is 1.51 bits per heavy atom. The summed E-state index contributed by atoms with van der Waals surface area (Å²) in [7, 11) is 0. The SMILES string of the molecule is O=C(O)[C@@H]1CC(CC2CCCCC2)CN1P(CC1CCCCC1)(c1ccccc1)(c1ccccc1)c1ccccc1. The normalized spacial score (nSPS) is 24.0. The first kappa shape index (κ1) is 28.6. The second kappa shape index (κ2) is 12.4. The van der Waals surface area contributed by atoms with Gasteiger partial charge in [0.1, 0.15) is 0 Å². The summed E-state index contributed by atoms with van der Waals surface area (Å²) in [5.41, 5.74) is 0. The van der Waals surface area contributed by atoms with E-state index in [-0.39, 0.29) is 0 Å². The van der Waals surface area contributed by atoms with Gasteiger partial charge in [-0.25, -0.2) is 0 Å². The maximum atomic E-state index is 13.4. The molecular formula is C37H48NO2P. The number of carboxylic acids is 1. The Kier molecular flexibility index (Phi) is 8.66. The number of aliphatic carboxylic acids is 1. The molecule has 1 N–H and O–H groups in total. The number of carbonyl (C=O) groups is 1. The van der Waals surface area contributed by atoms with Gasteiger partial charge in [-0.05, 0) is 0 Å². The summed E-state index contributed by atoms with van der Waals surface area (Å²) in [6.45, 7) is -2.58. The predicted molar refractivity (Wildman–Crippen MR) is 174 cm³/mol. The molecule has 41 heavy (non-hydrogen) atoms. The van der Waals surface area contributed by atoms with Gasteiger partial charge < -0.3 is 0 Å². The fraction of sp³-hybridized carbons (Fsp3) is 0.486. The van der Waals surface area contributed by atoms with Crippen LogP contribution < -0.4 is 15.9 Å². The summed E-state index contributed by atoms with van der Waals surface area (Å²) in [6, 6.07) is 33.1. The Hall–Kier alpha value is -2.48. The quantitative estimate of drug-likeness (QED) is 0.268. The topological polar surface area (TPSA) is 40.5 Å². The van der Waals surface area contributed by atoms with Crippen LogP contribution in [0.5, 0.6) is 0 Å². The third-order valence-electron chi connectivity index (χ3n) is 10.9. The number of carboxylic acid groups (broad SMARTS) is 1. The van der Waals surface area contributed by atoms with Gasteiger partial charge in [0.15, 0.2) is 0 Å². The number of benzene rings is 3.